The molecule has 0 spiro atoms. The van der Waals surface area contributed by atoms with E-state index in [-0.39, 0.29) is 10.6 Å². The number of aromatic carboxylic acids is 1. The molecule has 0 atom stereocenters. The fourth-order valence-corrected chi connectivity index (χ4v) is 2.85. The monoisotopic (exact) mass is 352 g/mol. The van der Waals surface area contributed by atoms with Crippen molar-refractivity contribution in [2.45, 2.75) is 11.3 Å². The zero-order valence-corrected chi connectivity index (χ0v) is 12.3. The van der Waals surface area contributed by atoms with E-state index in [0.717, 1.165) is 18.2 Å². The van der Waals surface area contributed by atoms with Crippen LogP contribution in [-0.4, -0.2) is 37.1 Å². The fourth-order valence-electron chi connectivity index (χ4n) is 1.31. The third-order valence-corrected chi connectivity index (χ3v) is 4.10. The van der Waals surface area contributed by atoms with Gasteiger partial charge in [0.1, 0.15) is 11.5 Å². The first-order chi connectivity index (χ1) is 10.1. The minimum Gasteiger partial charge on any atom is -0.478 e. The zero-order valence-electron chi connectivity index (χ0n) is 10.7. The van der Waals surface area contributed by atoms with Crippen molar-refractivity contribution in [1.29, 1.82) is 0 Å². The lowest BCUT2D eigenvalue weighted by Gasteiger charge is -2.09. The molecule has 2 N–H and O–H groups in total. The Morgan fingerprint density at radius 2 is 2.05 bits per heavy atom. The van der Waals surface area contributed by atoms with Crippen LogP contribution in [0.1, 0.15) is 16.8 Å². The van der Waals surface area contributed by atoms with Crippen LogP contribution in [0.5, 0.6) is 0 Å². The van der Waals surface area contributed by atoms with Crippen molar-refractivity contribution in [2.24, 2.45) is 0 Å². The molecule has 22 heavy (non-hydrogen) atoms. The molecule has 0 bridgehead atoms. The molecule has 1 aromatic rings. The van der Waals surface area contributed by atoms with Gasteiger partial charge in [-0.3, -0.25) is 4.79 Å². The summed E-state index contributed by atoms with van der Waals surface area (Å²) >= 11 is 5.68. The molecule has 0 aliphatic carbocycles. The quantitative estimate of drug-likeness (QED) is 0.529. The number of hydrogen-bond acceptors (Lipinski definition) is 7. The highest BCUT2D eigenvalue weighted by Crippen LogP contribution is 2.22. The third-order valence-electron chi connectivity index (χ3n) is 2.24. The van der Waals surface area contributed by atoms with Crippen molar-refractivity contribution in [2.75, 3.05) is 6.61 Å². The number of rotatable bonds is 7. The van der Waals surface area contributed by atoms with E-state index in [4.69, 9.17) is 16.7 Å². The molecule has 0 radical (unpaired) electrons. The SMILES string of the molecule is O=C(CCO[N+](=O)[O-])NS(=O)(=O)c1cc(C(=O)O)ccc1Cl. The number of benzene rings is 1. The molecule has 12 heteroatoms. The summed E-state index contributed by atoms with van der Waals surface area (Å²) in [5, 5.41) is 17.3. The average Bonchev–Trinajstić information content (AvgIpc) is 2.37. The molecule has 10 nitrogen and oxygen atoms in total. The lowest BCUT2D eigenvalue weighted by molar-refractivity contribution is -0.757. The van der Waals surface area contributed by atoms with E-state index in [9.17, 15) is 28.1 Å². The summed E-state index contributed by atoms with van der Waals surface area (Å²) in [5.74, 6) is -2.45. The van der Waals surface area contributed by atoms with Gasteiger partial charge in [-0.25, -0.2) is 17.9 Å². The Balaban J connectivity index is 2.90. The number of sulfonamides is 1. The number of nitrogens with zero attached hydrogens (tertiary/aromatic N) is 1. The molecule has 0 aliphatic heterocycles. The van der Waals surface area contributed by atoms with Crippen molar-refractivity contribution in [3.8, 4) is 0 Å². The molecule has 1 amide bonds. The van der Waals surface area contributed by atoms with Crippen LogP contribution in [0.4, 0.5) is 0 Å². The normalized spacial score (nSPS) is 10.8. The van der Waals surface area contributed by atoms with Crippen LogP contribution in [0.15, 0.2) is 23.1 Å². The Morgan fingerprint density at radius 1 is 1.41 bits per heavy atom. The van der Waals surface area contributed by atoms with Gasteiger partial charge >= 0.3 is 5.97 Å². The minimum atomic E-state index is -4.42. The van der Waals surface area contributed by atoms with E-state index in [0.29, 0.717) is 0 Å². The first kappa shape index (κ1) is 17.7. The Hall–Kier alpha value is -2.40. The number of hydrogen-bond donors (Lipinski definition) is 2. The van der Waals surface area contributed by atoms with Gasteiger partial charge in [0.25, 0.3) is 15.1 Å². The fraction of sp³-hybridized carbons (Fsp3) is 0.200. The molecule has 0 saturated carbocycles. The largest absolute Gasteiger partial charge is 0.478 e. The van der Waals surface area contributed by atoms with Gasteiger partial charge < -0.3 is 9.94 Å². The first-order valence-corrected chi connectivity index (χ1v) is 7.35. The molecule has 1 rings (SSSR count). The molecule has 0 fully saturated rings. The number of amides is 1. The van der Waals surface area contributed by atoms with Gasteiger partial charge in [0.05, 0.1) is 17.0 Å². The molecule has 0 heterocycles. The van der Waals surface area contributed by atoms with Gasteiger partial charge in [0.2, 0.25) is 5.91 Å². The molecule has 0 saturated heterocycles. The van der Waals surface area contributed by atoms with Crippen LogP contribution in [-0.2, 0) is 19.7 Å². The predicted molar refractivity (Wildman–Crippen MR) is 71.3 cm³/mol. The maximum atomic E-state index is 12.0. The summed E-state index contributed by atoms with van der Waals surface area (Å²) < 4.78 is 25.5. The number of carboxylic acid groups (broad SMARTS) is 1. The van der Waals surface area contributed by atoms with E-state index < -0.39 is 44.9 Å². The molecule has 0 aliphatic rings. The van der Waals surface area contributed by atoms with Crippen molar-refractivity contribution in [3.05, 3.63) is 38.9 Å². The van der Waals surface area contributed by atoms with E-state index in [1.807, 2.05) is 0 Å². The Bertz CT molecular complexity index is 718. The number of carbonyl (C=O) groups excluding carboxylic acids is 1. The zero-order chi connectivity index (χ0) is 16.9. The van der Waals surface area contributed by atoms with Crippen LogP contribution in [0.25, 0.3) is 0 Å². The second-order valence-electron chi connectivity index (χ2n) is 3.79. The highest BCUT2D eigenvalue weighted by Gasteiger charge is 2.22. The lowest BCUT2D eigenvalue weighted by atomic mass is 10.2. The van der Waals surface area contributed by atoms with Crippen molar-refractivity contribution >= 4 is 33.5 Å². The molecule has 120 valence electrons. The second kappa shape index (κ2) is 7.04. The number of nitrogens with one attached hydrogen (secondary N) is 1. The molecule has 1 aromatic carbocycles. The number of carboxylic acids is 1. The van der Waals surface area contributed by atoms with E-state index in [1.54, 1.807) is 4.72 Å². The Morgan fingerprint density at radius 3 is 2.59 bits per heavy atom. The van der Waals surface area contributed by atoms with E-state index in [2.05, 4.69) is 4.84 Å². The lowest BCUT2D eigenvalue weighted by Crippen LogP contribution is -2.31. The first-order valence-electron chi connectivity index (χ1n) is 5.49. The van der Waals surface area contributed by atoms with Crippen molar-refractivity contribution < 1.29 is 33.0 Å². The van der Waals surface area contributed by atoms with Gasteiger partial charge in [-0.1, -0.05) is 11.6 Å². The summed E-state index contributed by atoms with van der Waals surface area (Å²) in [6.07, 6.45) is -0.587. The summed E-state index contributed by atoms with van der Waals surface area (Å²) in [6.45, 7) is -0.628. The van der Waals surface area contributed by atoms with Gasteiger partial charge in [-0.05, 0) is 18.2 Å². The van der Waals surface area contributed by atoms with E-state index >= 15 is 0 Å². The molecular weight excluding hydrogens is 344 g/mol. The summed E-state index contributed by atoms with van der Waals surface area (Å²) in [6, 6.07) is 2.93. The van der Waals surface area contributed by atoms with Gasteiger partial charge in [-0.15, -0.1) is 10.1 Å². The predicted octanol–water partition coefficient (Wildman–Crippen LogP) is 0.441. The van der Waals surface area contributed by atoms with Crippen molar-refractivity contribution in [1.82, 2.24) is 4.72 Å². The minimum absolute atomic E-state index is 0.285. The molecule has 0 unspecified atom stereocenters. The topological polar surface area (TPSA) is 153 Å². The summed E-state index contributed by atoms with van der Waals surface area (Å²) in [7, 11) is -4.42. The highest BCUT2D eigenvalue weighted by molar-refractivity contribution is 7.90. The maximum absolute atomic E-state index is 12.0. The van der Waals surface area contributed by atoms with Crippen LogP contribution in [0, 0.1) is 10.1 Å². The van der Waals surface area contributed by atoms with Crippen LogP contribution >= 0.6 is 11.6 Å². The van der Waals surface area contributed by atoms with Crippen LogP contribution in [0.2, 0.25) is 5.02 Å². The summed E-state index contributed by atoms with van der Waals surface area (Å²) in [4.78, 5) is 35.4. The average molecular weight is 353 g/mol. The highest BCUT2D eigenvalue weighted by atomic mass is 35.5. The maximum Gasteiger partial charge on any atom is 0.335 e. The Kier molecular flexibility index (Phi) is 5.65. The second-order valence-corrected chi connectivity index (χ2v) is 5.84. The number of carbonyl (C=O) groups is 2. The molecule has 0 aromatic heterocycles. The molecular formula is C10H9ClN2O8S. The number of halogens is 1. The van der Waals surface area contributed by atoms with Gasteiger partial charge in [-0.2, -0.15) is 0 Å². The standard InChI is InChI=1S/C10H9ClN2O8S/c11-7-2-1-6(10(15)16)5-8(7)22(19,20)12-9(14)3-4-21-13(17)18/h1-2,5H,3-4H2,(H,12,14)(H,15,16). The van der Waals surface area contributed by atoms with Gasteiger partial charge in [0.15, 0.2) is 0 Å². The summed E-state index contributed by atoms with van der Waals surface area (Å²) in [5.41, 5.74) is -0.339. The van der Waals surface area contributed by atoms with Crippen molar-refractivity contribution in [3.63, 3.8) is 0 Å². The smallest absolute Gasteiger partial charge is 0.335 e. The third kappa shape index (κ3) is 4.86. The van der Waals surface area contributed by atoms with E-state index in [1.165, 1.54) is 0 Å². The Labute approximate surface area is 128 Å². The van der Waals surface area contributed by atoms with Crippen LogP contribution in [0.3, 0.4) is 0 Å². The van der Waals surface area contributed by atoms with Gasteiger partial charge in [0, 0.05) is 0 Å². The van der Waals surface area contributed by atoms with Crippen LogP contribution < -0.4 is 4.72 Å².